The van der Waals surface area contributed by atoms with Crippen LogP contribution >= 0.6 is 0 Å². The SMILES string of the molecule is c1ccc(-c2cc(-c3cccc(-c4ccc5cc(-c6ccc7ccc(-c8ccccn8)nc7c6)ccc5n4)c3)nc(-c3ccccc3)n2)cc1.c1ccc(-c2ccc3ccc(-c4ccc5nc(-c6cc(-c7cccnc7)cc(-c7cccnc7)c6)ccc5c4)cc3n2)nc1.c1ccc(-c2nc(-c3ccccc3)nc(-c3cccc(-c4ccc5cc(-c6ccc7ccc(-c8ccccn8)nc7c6)ccc5n4)c3)n2)cc1. The van der Waals surface area contributed by atoms with Gasteiger partial charge in [-0.2, -0.15) is 0 Å². The van der Waals surface area contributed by atoms with E-state index in [2.05, 4.69) is 274 Å². The van der Waals surface area contributed by atoms with Gasteiger partial charge in [-0.05, 0) is 220 Å². The molecular weight excluding hydrogens is 1760 g/mol. The summed E-state index contributed by atoms with van der Waals surface area (Å²) in [6.07, 6.45) is 12.8. The lowest BCUT2D eigenvalue weighted by atomic mass is 9.95. The Bertz CT molecular complexity index is 8700. The van der Waals surface area contributed by atoms with Crippen LogP contribution in [0.2, 0.25) is 0 Å². The van der Waals surface area contributed by atoms with Gasteiger partial charge < -0.3 is 0 Å². The van der Waals surface area contributed by atoms with Gasteiger partial charge in [-0.3, -0.25) is 24.9 Å². The van der Waals surface area contributed by atoms with Crippen molar-refractivity contribution in [1.82, 2.24) is 79.7 Å². The number of aromatic nitrogens is 16. The lowest BCUT2D eigenvalue weighted by Gasteiger charge is -2.11. The fourth-order valence-electron chi connectivity index (χ4n) is 18.1. The zero-order chi connectivity index (χ0) is 95.9. The number of nitrogens with zero attached hydrogens (tertiary/aromatic N) is 16. The Morgan fingerprint density at radius 1 is 0.111 bits per heavy atom. The summed E-state index contributed by atoms with van der Waals surface area (Å²) in [5.41, 5.74) is 35.1. The molecule has 16 nitrogen and oxygen atoms in total. The first-order valence-corrected chi connectivity index (χ1v) is 47.5. The van der Waals surface area contributed by atoms with Crippen LogP contribution in [0.5, 0.6) is 0 Å². The van der Waals surface area contributed by atoms with Crippen molar-refractivity contribution in [2.75, 3.05) is 0 Å². The van der Waals surface area contributed by atoms with Crippen molar-refractivity contribution in [2.45, 2.75) is 0 Å². The molecule has 16 heteroatoms. The average molecular weight is 1840 g/mol. The Morgan fingerprint density at radius 2 is 0.389 bits per heavy atom. The van der Waals surface area contributed by atoms with Gasteiger partial charge in [0.2, 0.25) is 0 Å². The van der Waals surface area contributed by atoms with Crippen molar-refractivity contribution in [2.24, 2.45) is 0 Å². The van der Waals surface area contributed by atoms with E-state index in [-0.39, 0.29) is 0 Å². The third-order valence-electron chi connectivity index (χ3n) is 25.5. The Hall–Kier alpha value is -19.8. The minimum absolute atomic E-state index is 0.613. The summed E-state index contributed by atoms with van der Waals surface area (Å²) in [6.45, 7) is 0. The summed E-state index contributed by atoms with van der Waals surface area (Å²) in [6, 6.07) is 155. The smallest absolute Gasteiger partial charge is 0.164 e. The van der Waals surface area contributed by atoms with Crippen molar-refractivity contribution >= 4 is 65.4 Å². The summed E-state index contributed by atoms with van der Waals surface area (Å²) in [5, 5.41) is 6.51. The molecule has 0 radical (unpaired) electrons. The van der Waals surface area contributed by atoms with Gasteiger partial charge in [0.15, 0.2) is 23.3 Å². The van der Waals surface area contributed by atoms with Crippen molar-refractivity contribution in [3.8, 4) is 192 Å². The van der Waals surface area contributed by atoms with Crippen LogP contribution in [0.3, 0.4) is 0 Å². The highest BCUT2D eigenvalue weighted by Crippen LogP contribution is 2.40. The summed E-state index contributed by atoms with van der Waals surface area (Å²) in [4.78, 5) is 76.7. The van der Waals surface area contributed by atoms with Crippen LogP contribution in [0.4, 0.5) is 0 Å². The predicted molar refractivity (Wildman–Crippen MR) is 581 cm³/mol. The minimum atomic E-state index is 0.613. The van der Waals surface area contributed by atoms with Crippen LogP contribution in [-0.4, -0.2) is 79.7 Å². The molecule has 0 unspecified atom stereocenters. The second-order valence-electron chi connectivity index (χ2n) is 34.9. The zero-order valence-corrected chi connectivity index (χ0v) is 77.5. The molecule has 26 rings (SSSR count). The molecule has 0 bridgehead atoms. The molecule has 13 heterocycles. The molecule has 674 valence electrons. The van der Waals surface area contributed by atoms with E-state index in [1.165, 1.54) is 0 Å². The molecule has 26 aromatic rings. The highest BCUT2D eigenvalue weighted by molar-refractivity contribution is 5.96. The molecule has 0 spiro atoms. The monoisotopic (exact) mass is 1840 g/mol. The highest BCUT2D eigenvalue weighted by atomic mass is 15.0. The Labute approximate surface area is 829 Å². The maximum Gasteiger partial charge on any atom is 0.164 e. The highest BCUT2D eigenvalue weighted by Gasteiger charge is 2.20. The Balaban J connectivity index is 0.000000117. The van der Waals surface area contributed by atoms with E-state index in [1.54, 1.807) is 31.0 Å². The zero-order valence-electron chi connectivity index (χ0n) is 77.5. The van der Waals surface area contributed by atoms with Crippen LogP contribution in [0, 0.1) is 0 Å². The molecule has 13 aromatic heterocycles. The molecule has 0 fully saturated rings. The molecule has 0 saturated heterocycles. The molecule has 0 atom stereocenters. The number of hydrogen-bond acceptors (Lipinski definition) is 16. The van der Waals surface area contributed by atoms with Gasteiger partial charge in [0.05, 0.1) is 95.7 Å². The standard InChI is InChI=1S/C45H29N5.C44H28N6.C39H25N5/c1-3-10-30(11-4-1)43-29-44(50-45(49-43)32-12-5-2-6-13-32)36-15-9-14-35(27-36)38-23-21-37-26-33(20-22-39(37)47-38)34-18-17-31-19-24-41(48-42(31)28-34)40-16-7-8-25-46-40;1-3-10-30(11-4-1)42-48-43(31-12-5-2-6-13-31)50-44(49-42)36-15-9-14-34(27-36)37-23-21-35-26-32(20-22-38(35)46-37)33-18-17-29-19-24-40(47-41(29)28-33)39-16-7-8-25-45-39;1-2-18-42-37(7-1)38-15-10-26-8-9-28(23-39(26)44-38)27-11-13-35-29(19-27)12-14-36(43-35)34-21-32(30-5-3-16-40-24-30)20-33(22-34)31-6-4-17-41-25-31/h1-29H;1-28H;1-25H. The van der Waals surface area contributed by atoms with Crippen LogP contribution in [0.1, 0.15) is 0 Å². The van der Waals surface area contributed by atoms with Crippen molar-refractivity contribution in [3.63, 3.8) is 0 Å². The van der Waals surface area contributed by atoms with E-state index in [0.29, 0.717) is 23.3 Å². The van der Waals surface area contributed by atoms with Gasteiger partial charge in [-0.25, -0.2) is 54.8 Å². The Kier molecular flexibility index (Phi) is 23.8. The Morgan fingerprint density at radius 3 is 0.771 bits per heavy atom. The van der Waals surface area contributed by atoms with Gasteiger partial charge in [0.25, 0.3) is 0 Å². The maximum atomic E-state index is 5.09. The number of rotatable bonds is 17. The second kappa shape index (κ2) is 39.3. The van der Waals surface area contributed by atoms with Crippen LogP contribution in [0.15, 0.2) is 498 Å². The molecule has 0 N–H and O–H groups in total. The van der Waals surface area contributed by atoms with E-state index < -0.39 is 0 Å². The number of benzene rings is 13. The van der Waals surface area contributed by atoms with Gasteiger partial charge >= 0.3 is 0 Å². The molecule has 0 aliphatic rings. The van der Waals surface area contributed by atoms with Crippen molar-refractivity contribution < 1.29 is 0 Å². The molecular formula is C128H82N16. The van der Waals surface area contributed by atoms with Crippen LogP contribution < -0.4 is 0 Å². The fraction of sp³-hybridized carbons (Fsp3) is 0. The summed E-state index contributed by atoms with van der Waals surface area (Å²) < 4.78 is 0. The molecule has 0 aliphatic heterocycles. The third kappa shape index (κ3) is 18.9. The number of hydrogen-bond donors (Lipinski definition) is 0. The van der Waals surface area contributed by atoms with Gasteiger partial charge in [0.1, 0.15) is 0 Å². The normalized spacial score (nSPS) is 11.2. The summed E-state index contributed by atoms with van der Waals surface area (Å²) >= 11 is 0. The van der Waals surface area contributed by atoms with Gasteiger partial charge in [0, 0.05) is 137 Å². The molecule has 0 aliphatic carbocycles. The lowest BCUT2D eigenvalue weighted by molar-refractivity contribution is 1.07. The third-order valence-corrected chi connectivity index (χ3v) is 25.5. The van der Waals surface area contributed by atoms with E-state index in [0.717, 1.165) is 234 Å². The lowest BCUT2D eigenvalue weighted by Crippen LogP contribution is -2.00. The number of fused-ring (bicyclic) bond motifs is 6. The largest absolute Gasteiger partial charge is 0.264 e. The van der Waals surface area contributed by atoms with E-state index >= 15 is 0 Å². The maximum absolute atomic E-state index is 5.09. The van der Waals surface area contributed by atoms with E-state index in [4.69, 9.17) is 54.8 Å². The van der Waals surface area contributed by atoms with Crippen molar-refractivity contribution in [3.05, 3.63) is 498 Å². The molecule has 13 aromatic carbocycles. The van der Waals surface area contributed by atoms with Gasteiger partial charge in [-0.1, -0.05) is 279 Å². The predicted octanol–water partition coefficient (Wildman–Crippen LogP) is 30.6. The number of pyridine rings is 11. The van der Waals surface area contributed by atoms with Crippen LogP contribution in [-0.2, 0) is 0 Å². The summed E-state index contributed by atoms with van der Waals surface area (Å²) in [5.74, 6) is 2.58. The van der Waals surface area contributed by atoms with Gasteiger partial charge in [-0.15, -0.1) is 0 Å². The van der Waals surface area contributed by atoms with Crippen LogP contribution in [0.25, 0.3) is 257 Å². The van der Waals surface area contributed by atoms with E-state index in [1.807, 2.05) is 219 Å². The molecule has 0 saturated carbocycles. The topological polar surface area (TPSA) is 206 Å². The minimum Gasteiger partial charge on any atom is -0.264 e. The van der Waals surface area contributed by atoms with E-state index in [9.17, 15) is 0 Å². The first kappa shape index (κ1) is 87.0. The van der Waals surface area contributed by atoms with Crippen molar-refractivity contribution in [1.29, 1.82) is 0 Å². The molecule has 144 heavy (non-hydrogen) atoms. The quantitative estimate of drug-likeness (QED) is 0.0831. The fourth-order valence-corrected chi connectivity index (χ4v) is 18.1. The average Bonchev–Trinajstić information content (AvgIpc) is 0.788. The first-order valence-electron chi connectivity index (χ1n) is 47.5. The molecule has 0 amide bonds. The second-order valence-corrected chi connectivity index (χ2v) is 34.9. The summed E-state index contributed by atoms with van der Waals surface area (Å²) in [7, 11) is 0. The first-order chi connectivity index (χ1) is 71.2.